The van der Waals surface area contributed by atoms with Crippen LogP contribution in [0.15, 0.2) is 18.2 Å². The number of hydrogen-bond acceptors (Lipinski definition) is 3. The Morgan fingerprint density at radius 2 is 1.89 bits per heavy atom. The summed E-state index contributed by atoms with van der Waals surface area (Å²) in [6, 6.07) is 5.75. The molecule has 0 unspecified atom stereocenters. The molecule has 0 amide bonds. The summed E-state index contributed by atoms with van der Waals surface area (Å²) >= 11 is 6.29. The maximum absolute atomic E-state index is 6.29. The number of rotatable bonds is 1. The lowest BCUT2D eigenvalue weighted by atomic mass is 10.1. The summed E-state index contributed by atoms with van der Waals surface area (Å²) in [5, 5.41) is 1.63. The summed E-state index contributed by atoms with van der Waals surface area (Å²) in [5.74, 6) is 1.52. The lowest BCUT2D eigenvalue weighted by Crippen LogP contribution is -1.97. The van der Waals surface area contributed by atoms with E-state index in [2.05, 4.69) is 11.9 Å². The van der Waals surface area contributed by atoms with Gasteiger partial charge < -0.3 is 9.47 Å². The summed E-state index contributed by atoms with van der Waals surface area (Å²) < 4.78 is 11.3. The number of nitrogens with zero attached hydrogens (tertiary/aromatic N) is 1. The smallest absolute Gasteiger partial charge is 0.163 e. The molecule has 1 aromatic heterocycles. The molecule has 94 valence electrons. The number of pyridine rings is 1. The van der Waals surface area contributed by atoms with E-state index in [-0.39, 0.29) is 0 Å². The van der Waals surface area contributed by atoms with Gasteiger partial charge in [-0.25, -0.2) is 0 Å². The van der Waals surface area contributed by atoms with Crippen LogP contribution in [0.3, 0.4) is 0 Å². The molecule has 0 bridgehead atoms. The van der Waals surface area contributed by atoms with Gasteiger partial charge in [0.2, 0.25) is 0 Å². The van der Waals surface area contributed by atoms with Gasteiger partial charge in [0.25, 0.3) is 0 Å². The van der Waals surface area contributed by atoms with Crippen molar-refractivity contribution < 1.29 is 9.47 Å². The quantitative estimate of drug-likeness (QED) is 0.788. The number of fused-ring (bicyclic) bond motifs is 2. The maximum atomic E-state index is 6.29. The van der Waals surface area contributed by atoms with E-state index in [9.17, 15) is 0 Å². The molecule has 0 saturated carbocycles. The molecule has 0 spiro atoms. The molecule has 3 rings (SSSR count). The highest BCUT2D eigenvalue weighted by atomic mass is 35.5. The Morgan fingerprint density at radius 1 is 1.17 bits per heavy atom. The van der Waals surface area contributed by atoms with E-state index in [1.807, 2.05) is 18.2 Å². The topological polar surface area (TPSA) is 31.4 Å². The van der Waals surface area contributed by atoms with Crippen molar-refractivity contribution in [2.45, 2.75) is 19.8 Å². The third-order valence-corrected chi connectivity index (χ3v) is 3.36. The zero-order chi connectivity index (χ0) is 12.5. The van der Waals surface area contributed by atoms with Gasteiger partial charge >= 0.3 is 0 Å². The van der Waals surface area contributed by atoms with Crippen molar-refractivity contribution in [1.29, 1.82) is 0 Å². The Morgan fingerprint density at radius 3 is 2.61 bits per heavy atom. The van der Waals surface area contributed by atoms with Gasteiger partial charge in [0.05, 0.1) is 23.8 Å². The molecule has 2 aromatic rings. The van der Waals surface area contributed by atoms with Crippen molar-refractivity contribution in [3.8, 4) is 11.5 Å². The van der Waals surface area contributed by atoms with Crippen LogP contribution in [0.1, 0.15) is 19.0 Å². The number of benzene rings is 1. The number of hydrogen-bond donors (Lipinski definition) is 0. The van der Waals surface area contributed by atoms with Crippen molar-refractivity contribution in [1.82, 2.24) is 4.98 Å². The fraction of sp³-hybridized carbons (Fsp3) is 0.357. The van der Waals surface area contributed by atoms with E-state index in [0.717, 1.165) is 40.9 Å². The van der Waals surface area contributed by atoms with Crippen LogP contribution in [-0.4, -0.2) is 18.2 Å². The van der Waals surface area contributed by atoms with Crippen LogP contribution in [0.2, 0.25) is 5.02 Å². The standard InChI is InChI=1S/C14H14ClNO2/c1-2-9-6-11(15)10-7-13-14(8-12(10)16-9)18-5-3-4-17-13/h6-8H,2-5H2,1H3. The summed E-state index contributed by atoms with van der Waals surface area (Å²) in [6.45, 7) is 3.42. The molecular weight excluding hydrogens is 250 g/mol. The molecule has 1 aliphatic rings. The summed E-state index contributed by atoms with van der Waals surface area (Å²) in [7, 11) is 0. The summed E-state index contributed by atoms with van der Waals surface area (Å²) in [4.78, 5) is 4.57. The molecule has 0 radical (unpaired) electrons. The molecular formula is C14H14ClNO2. The number of halogens is 1. The third-order valence-electron chi connectivity index (χ3n) is 3.04. The first-order valence-electron chi connectivity index (χ1n) is 6.16. The van der Waals surface area contributed by atoms with Gasteiger partial charge in [-0.3, -0.25) is 4.98 Å². The van der Waals surface area contributed by atoms with E-state index in [4.69, 9.17) is 21.1 Å². The first kappa shape index (κ1) is 11.6. The van der Waals surface area contributed by atoms with Gasteiger partial charge in [-0.05, 0) is 18.6 Å². The van der Waals surface area contributed by atoms with Crippen LogP contribution < -0.4 is 9.47 Å². The van der Waals surface area contributed by atoms with E-state index in [1.165, 1.54) is 0 Å². The van der Waals surface area contributed by atoms with Crippen LogP contribution in [0.25, 0.3) is 10.9 Å². The highest BCUT2D eigenvalue weighted by Gasteiger charge is 2.14. The highest BCUT2D eigenvalue weighted by molar-refractivity contribution is 6.35. The maximum Gasteiger partial charge on any atom is 0.163 e. The minimum absolute atomic E-state index is 0.677. The first-order valence-corrected chi connectivity index (χ1v) is 6.54. The van der Waals surface area contributed by atoms with Crippen LogP contribution in [0.4, 0.5) is 0 Å². The minimum Gasteiger partial charge on any atom is -0.490 e. The second kappa shape index (κ2) is 4.65. The van der Waals surface area contributed by atoms with Crippen LogP contribution in [0.5, 0.6) is 11.5 Å². The zero-order valence-electron chi connectivity index (χ0n) is 10.2. The van der Waals surface area contributed by atoms with Crippen molar-refractivity contribution >= 4 is 22.5 Å². The van der Waals surface area contributed by atoms with Gasteiger partial charge in [0.1, 0.15) is 0 Å². The molecule has 1 aromatic carbocycles. The lowest BCUT2D eigenvalue weighted by molar-refractivity contribution is 0.297. The molecule has 1 aliphatic heterocycles. The number of aryl methyl sites for hydroxylation is 1. The highest BCUT2D eigenvalue weighted by Crippen LogP contribution is 2.36. The van der Waals surface area contributed by atoms with Gasteiger partial charge in [-0.2, -0.15) is 0 Å². The van der Waals surface area contributed by atoms with Gasteiger partial charge in [0, 0.05) is 23.6 Å². The van der Waals surface area contributed by atoms with Gasteiger partial charge in [0.15, 0.2) is 11.5 Å². The predicted octanol–water partition coefficient (Wildman–Crippen LogP) is 3.61. The zero-order valence-corrected chi connectivity index (χ0v) is 11.0. The molecule has 2 heterocycles. The van der Waals surface area contributed by atoms with E-state index >= 15 is 0 Å². The Bertz CT molecular complexity index is 598. The second-order valence-corrected chi connectivity index (χ2v) is 4.72. The van der Waals surface area contributed by atoms with Crippen LogP contribution in [0, 0.1) is 0 Å². The average Bonchev–Trinajstić information content (AvgIpc) is 2.61. The molecule has 4 heteroatoms. The van der Waals surface area contributed by atoms with Crippen molar-refractivity contribution in [3.05, 3.63) is 28.9 Å². The van der Waals surface area contributed by atoms with Gasteiger partial charge in [-0.15, -0.1) is 0 Å². The molecule has 0 atom stereocenters. The van der Waals surface area contributed by atoms with Crippen LogP contribution >= 0.6 is 11.6 Å². The lowest BCUT2D eigenvalue weighted by Gasteiger charge is -2.10. The van der Waals surface area contributed by atoms with Crippen molar-refractivity contribution in [3.63, 3.8) is 0 Å². The van der Waals surface area contributed by atoms with Gasteiger partial charge in [-0.1, -0.05) is 18.5 Å². The van der Waals surface area contributed by atoms with E-state index in [1.54, 1.807) is 0 Å². The van der Waals surface area contributed by atoms with Crippen LogP contribution in [-0.2, 0) is 6.42 Å². The van der Waals surface area contributed by atoms with E-state index in [0.29, 0.717) is 18.2 Å². The normalized spacial score (nSPS) is 14.6. The average molecular weight is 264 g/mol. The fourth-order valence-corrected chi connectivity index (χ4v) is 2.35. The van der Waals surface area contributed by atoms with Crippen molar-refractivity contribution in [2.75, 3.05) is 13.2 Å². The SMILES string of the molecule is CCc1cc(Cl)c2cc3c(cc2n1)OCCCO3. The Kier molecular flexibility index (Phi) is 3.00. The molecule has 0 N–H and O–H groups in total. The minimum atomic E-state index is 0.677. The summed E-state index contributed by atoms with van der Waals surface area (Å²) in [5.41, 5.74) is 1.85. The third kappa shape index (κ3) is 1.99. The van der Waals surface area contributed by atoms with E-state index < -0.39 is 0 Å². The number of aromatic nitrogens is 1. The molecule has 0 fully saturated rings. The number of ether oxygens (including phenoxy) is 2. The monoisotopic (exact) mass is 263 g/mol. The van der Waals surface area contributed by atoms with Crippen molar-refractivity contribution in [2.24, 2.45) is 0 Å². The Balaban J connectivity index is 2.21. The molecule has 0 aliphatic carbocycles. The molecule has 18 heavy (non-hydrogen) atoms. The predicted molar refractivity (Wildman–Crippen MR) is 71.7 cm³/mol. The second-order valence-electron chi connectivity index (χ2n) is 4.32. The Labute approximate surface area is 111 Å². The molecule has 0 saturated heterocycles. The molecule has 3 nitrogen and oxygen atoms in total. The fourth-order valence-electron chi connectivity index (χ4n) is 2.07. The summed E-state index contributed by atoms with van der Waals surface area (Å²) in [6.07, 6.45) is 1.76. The largest absolute Gasteiger partial charge is 0.490 e. The first-order chi connectivity index (χ1) is 8.78. The Hall–Kier alpha value is -1.48.